The van der Waals surface area contributed by atoms with E-state index in [0.29, 0.717) is 0 Å². The number of fused-ring (bicyclic) bond motifs is 1. The van der Waals surface area contributed by atoms with Crippen LogP contribution >= 0.6 is 15.8 Å². The van der Waals surface area contributed by atoms with E-state index in [2.05, 4.69) is 182 Å². The molecule has 0 heterocycles. The summed E-state index contributed by atoms with van der Waals surface area (Å²) < 4.78 is 0. The van der Waals surface area contributed by atoms with E-state index in [1.807, 2.05) is 0 Å². The molecule has 0 aliphatic heterocycles. The fraction of sp³-hybridized carbons (Fsp3) is 0. The Hall–Kier alpha value is -3.60. The molecule has 0 saturated heterocycles. The van der Waals surface area contributed by atoms with Crippen molar-refractivity contribution in [1.82, 2.24) is 0 Å². The van der Waals surface area contributed by atoms with Crippen LogP contribution in [0.1, 0.15) is 0 Å². The van der Waals surface area contributed by atoms with Gasteiger partial charge in [-0.3, -0.25) is 0 Å². The third-order valence-electron chi connectivity index (χ3n) is 8.00. The van der Waals surface area contributed by atoms with E-state index in [0.717, 1.165) is 0 Å². The third kappa shape index (κ3) is 6.43. The van der Waals surface area contributed by atoms with E-state index < -0.39 is 15.8 Å². The van der Waals surface area contributed by atoms with Crippen molar-refractivity contribution in [2.24, 2.45) is 0 Å². The summed E-state index contributed by atoms with van der Waals surface area (Å²) in [5.41, 5.74) is 0. The molecule has 0 unspecified atom stereocenters. The molecule has 0 aliphatic rings. The first-order valence-corrected chi connectivity index (χ1v) is 18.9. The smallest absolute Gasteiger partial charge is 0.0624 e. The molecule has 7 aromatic carbocycles. The van der Waals surface area contributed by atoms with Crippen LogP contribution in [0.2, 0.25) is 0 Å². The monoisotopic (exact) mass is 666 g/mol. The molecule has 216 valence electrons. The fourth-order valence-corrected chi connectivity index (χ4v) is 13.8. The number of rotatable bonds is 8. The average Bonchev–Trinajstić information content (AvgIpc) is 3.08. The average molecular weight is 667 g/mol. The molecule has 0 amide bonds. The molecule has 0 atom stereocenters. The van der Waals surface area contributed by atoms with Crippen LogP contribution in [0.4, 0.5) is 0 Å². The van der Waals surface area contributed by atoms with E-state index in [1.54, 1.807) is 0 Å². The van der Waals surface area contributed by atoms with Crippen molar-refractivity contribution in [3.05, 3.63) is 182 Å². The van der Waals surface area contributed by atoms with Crippen molar-refractivity contribution < 1.29 is 17.1 Å². The molecule has 0 nitrogen and oxygen atoms in total. The van der Waals surface area contributed by atoms with Crippen LogP contribution in [0.25, 0.3) is 10.8 Å². The Bertz CT molecular complexity index is 1860. The van der Waals surface area contributed by atoms with E-state index in [9.17, 15) is 0 Å². The topological polar surface area (TPSA) is 0 Å². The van der Waals surface area contributed by atoms with Gasteiger partial charge in [-0.25, -0.2) is 0 Å². The zero-order valence-electron chi connectivity index (χ0n) is 24.2. The van der Waals surface area contributed by atoms with Crippen molar-refractivity contribution >= 4 is 78.3 Å². The van der Waals surface area contributed by atoms with E-state index in [4.69, 9.17) is 0 Å². The Labute approximate surface area is 276 Å². The first-order chi connectivity index (χ1) is 21.4. The number of benzene rings is 7. The Balaban J connectivity index is 0.00000343. The first-order valence-electron chi connectivity index (χ1n) is 14.8. The molecule has 0 fully saturated rings. The molecule has 0 aliphatic carbocycles. The van der Waals surface area contributed by atoms with Gasteiger partial charge >= 0.3 is 0 Å². The molecule has 7 aromatic rings. The van der Waals surface area contributed by atoms with Gasteiger partial charge in [-0.1, -0.05) is 121 Å². The Morgan fingerprint density at radius 2 is 0.682 bits per heavy atom. The summed E-state index contributed by atoms with van der Waals surface area (Å²) in [5.74, 6) is 0. The van der Waals surface area contributed by atoms with Gasteiger partial charge in [0, 0.05) is 22.5 Å². The number of hydrogen-bond donors (Lipinski definition) is 0. The van der Waals surface area contributed by atoms with Crippen LogP contribution in [-0.4, -0.2) is 9.52 Å². The normalized spacial score (nSPS) is 11.0. The molecule has 0 saturated carbocycles. The van der Waals surface area contributed by atoms with Crippen molar-refractivity contribution in [3.63, 3.8) is 0 Å². The maximum Gasteiger partial charge on any atom is 0.110 e. The summed E-state index contributed by atoms with van der Waals surface area (Å²) >= 11 is 0. The largest absolute Gasteiger partial charge is 0.110 e. The Morgan fingerprint density at radius 1 is 0.318 bits per heavy atom. The second kappa shape index (κ2) is 14.5. The standard InChI is InChI=1S/C40H31P2Si.Cu/c1-5-19-32(20-6-1)41(33-21-7-2-8-22-33)36-27-13-14-29-38(36)43-39-30-16-18-31-17-15-28-37(40(31)39)42(34-23-9-3-10-24-34)35-25-11-4-12-26-35;/h1-30,43H;/p+2. The molecular weight excluding hydrogens is 634 g/mol. The zero-order chi connectivity index (χ0) is 28.8. The van der Waals surface area contributed by atoms with Crippen molar-refractivity contribution in [2.75, 3.05) is 0 Å². The Kier molecular flexibility index (Phi) is 9.99. The molecule has 4 heteroatoms. The molecule has 0 spiro atoms. The number of hydrogen-bond acceptors (Lipinski definition) is 0. The zero-order valence-corrected chi connectivity index (χ0v) is 28.3. The van der Waals surface area contributed by atoms with Crippen LogP contribution in [-0.2, 0) is 17.1 Å². The van der Waals surface area contributed by atoms with Crippen LogP contribution in [0.5, 0.6) is 0 Å². The maximum absolute atomic E-state index is 2.40. The molecule has 0 aromatic heterocycles. The molecule has 7 rings (SSSR count). The second-order valence-corrected chi connectivity index (χ2v) is 17.1. The minimum absolute atomic E-state index is 0. The van der Waals surface area contributed by atoms with Crippen molar-refractivity contribution in [1.29, 1.82) is 0 Å². The fourth-order valence-electron chi connectivity index (χ4n) is 6.09. The van der Waals surface area contributed by atoms with Crippen LogP contribution in [0.3, 0.4) is 0 Å². The van der Waals surface area contributed by atoms with Crippen LogP contribution < -0.4 is 42.2 Å². The van der Waals surface area contributed by atoms with E-state index in [1.165, 1.54) is 53.0 Å². The quantitative estimate of drug-likeness (QED) is 0.155. The van der Waals surface area contributed by atoms with Gasteiger partial charge in [0.25, 0.3) is 0 Å². The minimum atomic E-state index is -1.21. The predicted molar refractivity (Wildman–Crippen MR) is 197 cm³/mol. The minimum Gasteiger partial charge on any atom is -0.0624 e. The molecule has 2 radical (unpaired) electrons. The summed E-state index contributed by atoms with van der Waals surface area (Å²) in [6.45, 7) is 0. The van der Waals surface area contributed by atoms with Gasteiger partial charge in [-0.2, -0.15) is 0 Å². The van der Waals surface area contributed by atoms with Gasteiger partial charge in [-0.05, 0) is 76.4 Å². The predicted octanol–water partition coefficient (Wildman–Crippen LogP) is 5.21. The summed E-state index contributed by atoms with van der Waals surface area (Å²) in [4.78, 5) is 0. The van der Waals surface area contributed by atoms with Gasteiger partial charge in [-0.15, -0.1) is 0 Å². The van der Waals surface area contributed by atoms with Crippen molar-refractivity contribution in [2.45, 2.75) is 0 Å². The van der Waals surface area contributed by atoms with Gasteiger partial charge < -0.3 is 0 Å². The summed E-state index contributed by atoms with van der Waals surface area (Å²) in [6.07, 6.45) is 0. The SMILES string of the molecule is [Cu].c1ccc([PH+](c2ccccc2)c2ccccc2[SiH]c2cccc3cccc([PH+](c4ccccc4)c4ccccc4)c23)cc1. The first kappa shape index (κ1) is 30.4. The summed E-state index contributed by atoms with van der Waals surface area (Å²) in [7, 11) is -2.50. The molecule has 44 heavy (non-hydrogen) atoms. The van der Waals surface area contributed by atoms with E-state index in [-0.39, 0.29) is 26.6 Å². The molecule has 0 bridgehead atoms. The third-order valence-corrected chi connectivity index (χ3v) is 15.5. The summed E-state index contributed by atoms with van der Waals surface area (Å²) in [6, 6.07) is 67.7. The van der Waals surface area contributed by atoms with Gasteiger partial charge in [0.1, 0.15) is 41.3 Å². The Morgan fingerprint density at radius 3 is 1.18 bits per heavy atom. The summed E-state index contributed by atoms with van der Waals surface area (Å²) in [5, 5.41) is 14.5. The van der Waals surface area contributed by atoms with Crippen LogP contribution in [0, 0.1) is 0 Å². The van der Waals surface area contributed by atoms with Crippen LogP contribution in [0.15, 0.2) is 182 Å². The van der Waals surface area contributed by atoms with E-state index >= 15 is 0 Å². The molecular formula is C40H33CuP2Si+2. The second-order valence-electron chi connectivity index (χ2n) is 10.7. The van der Waals surface area contributed by atoms with Crippen molar-refractivity contribution in [3.8, 4) is 0 Å². The van der Waals surface area contributed by atoms with Gasteiger partial charge in [0.15, 0.2) is 0 Å². The maximum atomic E-state index is 2.40. The van der Waals surface area contributed by atoms with Gasteiger partial charge in [0.05, 0.1) is 15.8 Å². The van der Waals surface area contributed by atoms with Gasteiger partial charge in [0.2, 0.25) is 0 Å². The molecule has 0 N–H and O–H groups in total.